The molecule has 0 amide bonds. The summed E-state index contributed by atoms with van der Waals surface area (Å²) in [6.45, 7) is 0. The fourth-order valence-corrected chi connectivity index (χ4v) is 3.74. The van der Waals surface area contributed by atoms with Crippen LogP contribution >= 0.6 is 0 Å². The first-order valence-corrected chi connectivity index (χ1v) is 10.0. The summed E-state index contributed by atoms with van der Waals surface area (Å²) >= 11 is 0. The van der Waals surface area contributed by atoms with Crippen molar-refractivity contribution < 1.29 is 30.4 Å². The Kier molecular flexibility index (Phi) is 5.18. The molecule has 0 radical (unpaired) electrons. The summed E-state index contributed by atoms with van der Waals surface area (Å²) in [5.74, 6) is -2.47. The number of hydrogen-bond donors (Lipinski definition) is 2. The van der Waals surface area contributed by atoms with Crippen LogP contribution in [0.15, 0.2) is 41.3 Å². The maximum absolute atomic E-state index is 13.7. The standard InChI is InChI=1S/C14H14F2N2O5S2/c1-23-13-8-9(6-7-12(13)18-24(2,19)20)17-25(21,22)14-10(15)4-3-5-11(14)16/h3-8,17-18H,1-2H3. The minimum Gasteiger partial charge on any atom is -0.494 e. The van der Waals surface area contributed by atoms with Crippen molar-refractivity contribution in [1.29, 1.82) is 0 Å². The highest BCUT2D eigenvalue weighted by Crippen LogP contribution is 2.30. The summed E-state index contributed by atoms with van der Waals surface area (Å²) in [7, 11) is -6.87. The van der Waals surface area contributed by atoms with Gasteiger partial charge in [0.25, 0.3) is 10.0 Å². The molecule has 25 heavy (non-hydrogen) atoms. The Morgan fingerprint density at radius 3 is 2.08 bits per heavy atom. The van der Waals surface area contributed by atoms with Gasteiger partial charge in [-0.05, 0) is 24.3 Å². The highest BCUT2D eigenvalue weighted by Gasteiger charge is 2.24. The summed E-state index contributed by atoms with van der Waals surface area (Å²) in [6, 6.07) is 6.30. The molecule has 0 atom stereocenters. The number of benzene rings is 2. The van der Waals surface area contributed by atoms with E-state index in [1.807, 2.05) is 4.72 Å². The van der Waals surface area contributed by atoms with Gasteiger partial charge in [-0.15, -0.1) is 0 Å². The molecule has 0 saturated heterocycles. The smallest absolute Gasteiger partial charge is 0.267 e. The average molecular weight is 392 g/mol. The number of halogens is 2. The van der Waals surface area contributed by atoms with Crippen LogP contribution in [-0.4, -0.2) is 30.2 Å². The van der Waals surface area contributed by atoms with Crippen molar-refractivity contribution in [2.24, 2.45) is 0 Å². The van der Waals surface area contributed by atoms with E-state index in [4.69, 9.17) is 4.74 Å². The number of rotatable bonds is 6. The number of hydrogen-bond acceptors (Lipinski definition) is 5. The van der Waals surface area contributed by atoms with Crippen LogP contribution < -0.4 is 14.2 Å². The molecule has 0 bridgehead atoms. The van der Waals surface area contributed by atoms with E-state index in [0.717, 1.165) is 24.5 Å². The van der Waals surface area contributed by atoms with Gasteiger partial charge in [0.05, 0.1) is 24.7 Å². The number of anilines is 2. The molecule has 136 valence electrons. The molecule has 2 N–H and O–H groups in total. The van der Waals surface area contributed by atoms with Gasteiger partial charge in [0, 0.05) is 6.07 Å². The molecule has 0 spiro atoms. The van der Waals surface area contributed by atoms with Gasteiger partial charge in [0.1, 0.15) is 17.4 Å². The number of ether oxygens (including phenoxy) is 1. The summed E-state index contributed by atoms with van der Waals surface area (Å²) in [4.78, 5) is -1.12. The summed E-state index contributed by atoms with van der Waals surface area (Å²) < 4.78 is 83.6. The molecule has 0 aliphatic heterocycles. The van der Waals surface area contributed by atoms with Crippen LogP contribution in [0.4, 0.5) is 20.2 Å². The van der Waals surface area contributed by atoms with E-state index in [1.165, 1.54) is 25.3 Å². The SMILES string of the molecule is COc1cc(NS(=O)(=O)c2c(F)cccc2F)ccc1NS(C)(=O)=O. The van der Waals surface area contributed by atoms with Gasteiger partial charge >= 0.3 is 0 Å². The van der Waals surface area contributed by atoms with Crippen molar-refractivity contribution in [1.82, 2.24) is 0 Å². The molecule has 0 aliphatic rings. The number of nitrogens with one attached hydrogen (secondary N) is 2. The zero-order valence-corrected chi connectivity index (χ0v) is 14.7. The van der Waals surface area contributed by atoms with Crippen LogP contribution in [0.2, 0.25) is 0 Å². The molecule has 0 heterocycles. The lowest BCUT2D eigenvalue weighted by atomic mass is 10.2. The average Bonchev–Trinajstić information content (AvgIpc) is 2.46. The summed E-state index contributed by atoms with van der Waals surface area (Å²) in [5, 5.41) is 0. The Labute approximate surface area is 143 Å². The third-order valence-electron chi connectivity index (χ3n) is 2.94. The van der Waals surface area contributed by atoms with Crippen LogP contribution in [0, 0.1) is 11.6 Å². The van der Waals surface area contributed by atoms with E-state index in [9.17, 15) is 25.6 Å². The molecule has 7 nitrogen and oxygen atoms in total. The maximum atomic E-state index is 13.7. The van der Waals surface area contributed by atoms with Gasteiger partial charge < -0.3 is 4.74 Å². The second-order valence-corrected chi connectivity index (χ2v) is 8.31. The summed E-state index contributed by atoms with van der Waals surface area (Å²) in [5.41, 5.74) is 0.00331. The first-order chi connectivity index (χ1) is 11.5. The second kappa shape index (κ2) is 6.84. The van der Waals surface area contributed by atoms with Gasteiger partial charge in [-0.2, -0.15) is 0 Å². The lowest BCUT2D eigenvalue weighted by Crippen LogP contribution is -2.17. The Hall–Kier alpha value is -2.40. The van der Waals surface area contributed by atoms with E-state index >= 15 is 0 Å². The first kappa shape index (κ1) is 18.9. The topological polar surface area (TPSA) is 102 Å². The number of methoxy groups -OCH3 is 1. The largest absolute Gasteiger partial charge is 0.494 e. The van der Waals surface area contributed by atoms with Crippen molar-refractivity contribution in [3.05, 3.63) is 48.0 Å². The molecule has 0 fully saturated rings. The molecule has 0 saturated carbocycles. The minimum absolute atomic E-state index is 0.0135. The fourth-order valence-electron chi connectivity index (χ4n) is 1.98. The molecular formula is C14H14F2N2O5S2. The first-order valence-electron chi connectivity index (χ1n) is 6.66. The third-order valence-corrected chi connectivity index (χ3v) is 4.96. The minimum atomic E-state index is -4.54. The lowest BCUT2D eigenvalue weighted by molar-refractivity contribution is 0.417. The van der Waals surface area contributed by atoms with Crippen LogP contribution in [0.3, 0.4) is 0 Å². The van der Waals surface area contributed by atoms with Crippen LogP contribution in [0.5, 0.6) is 5.75 Å². The zero-order valence-electron chi connectivity index (χ0n) is 13.1. The van der Waals surface area contributed by atoms with Crippen LogP contribution in [0.25, 0.3) is 0 Å². The van der Waals surface area contributed by atoms with E-state index < -0.39 is 36.6 Å². The van der Waals surface area contributed by atoms with Crippen molar-refractivity contribution in [3.63, 3.8) is 0 Å². The predicted octanol–water partition coefficient (Wildman–Crippen LogP) is 2.15. The molecule has 0 unspecified atom stereocenters. The van der Waals surface area contributed by atoms with E-state index in [2.05, 4.69) is 4.72 Å². The van der Waals surface area contributed by atoms with Gasteiger partial charge in [-0.3, -0.25) is 9.44 Å². The van der Waals surface area contributed by atoms with Crippen molar-refractivity contribution >= 4 is 31.4 Å². The Morgan fingerprint density at radius 1 is 0.960 bits per heavy atom. The van der Waals surface area contributed by atoms with Crippen LogP contribution in [-0.2, 0) is 20.0 Å². The van der Waals surface area contributed by atoms with Gasteiger partial charge in [0.2, 0.25) is 10.0 Å². The summed E-state index contributed by atoms with van der Waals surface area (Å²) in [6.07, 6.45) is 0.935. The molecule has 2 aromatic carbocycles. The Bertz CT molecular complexity index is 988. The monoisotopic (exact) mass is 392 g/mol. The predicted molar refractivity (Wildman–Crippen MR) is 88.6 cm³/mol. The Balaban J connectivity index is 2.40. The number of sulfonamides is 2. The van der Waals surface area contributed by atoms with Gasteiger partial charge in [-0.1, -0.05) is 6.07 Å². The molecule has 2 aromatic rings. The van der Waals surface area contributed by atoms with Crippen molar-refractivity contribution in [3.8, 4) is 5.75 Å². The fraction of sp³-hybridized carbons (Fsp3) is 0.143. The van der Waals surface area contributed by atoms with E-state index in [1.54, 1.807) is 0 Å². The molecular weight excluding hydrogens is 378 g/mol. The Morgan fingerprint density at radius 2 is 1.56 bits per heavy atom. The third kappa shape index (κ3) is 4.57. The molecule has 0 aromatic heterocycles. The second-order valence-electron chi connectivity index (χ2n) is 4.95. The quantitative estimate of drug-likeness (QED) is 0.784. The van der Waals surface area contributed by atoms with E-state index in [0.29, 0.717) is 0 Å². The zero-order chi connectivity index (χ0) is 18.8. The highest BCUT2D eigenvalue weighted by molar-refractivity contribution is 7.92. The molecule has 2 rings (SSSR count). The normalized spacial score (nSPS) is 11.8. The van der Waals surface area contributed by atoms with Crippen LogP contribution in [0.1, 0.15) is 0 Å². The lowest BCUT2D eigenvalue weighted by Gasteiger charge is -2.13. The van der Waals surface area contributed by atoms with Crippen molar-refractivity contribution in [2.75, 3.05) is 22.8 Å². The highest BCUT2D eigenvalue weighted by atomic mass is 32.2. The van der Waals surface area contributed by atoms with Gasteiger partial charge in [0.15, 0.2) is 4.90 Å². The molecule has 0 aliphatic carbocycles. The molecule has 11 heteroatoms. The van der Waals surface area contributed by atoms with Gasteiger partial charge in [-0.25, -0.2) is 25.6 Å². The maximum Gasteiger partial charge on any atom is 0.267 e. The van der Waals surface area contributed by atoms with Crippen molar-refractivity contribution in [2.45, 2.75) is 4.90 Å². The van der Waals surface area contributed by atoms with E-state index in [-0.39, 0.29) is 17.1 Å².